The van der Waals surface area contributed by atoms with Crippen LogP contribution in [0.5, 0.6) is 0 Å². The zero-order valence-electron chi connectivity index (χ0n) is 35.0. The molecule has 0 spiro atoms. The number of urea groups is 1. The Morgan fingerprint density at radius 2 is 1.76 bits per heavy atom. The van der Waals surface area contributed by atoms with Crippen LogP contribution in [0.15, 0.2) is 72.9 Å². The van der Waals surface area contributed by atoms with Crippen LogP contribution >= 0.6 is 11.6 Å². The van der Waals surface area contributed by atoms with Gasteiger partial charge in [-0.15, -0.1) is 0 Å². The molecule has 0 radical (unpaired) electrons. The minimum absolute atomic E-state index is 0.0755. The van der Waals surface area contributed by atoms with E-state index in [1.807, 2.05) is 47.4 Å². The topological polar surface area (TPSA) is 202 Å². The number of anilines is 5. The van der Waals surface area contributed by atoms with E-state index in [0.29, 0.717) is 118 Å². The molecule has 17 nitrogen and oxygen atoms in total. The lowest BCUT2D eigenvalue weighted by molar-refractivity contribution is -0.136. The Hall–Kier alpha value is -6.74. The predicted octanol–water partition coefficient (Wildman–Crippen LogP) is 4.01. The van der Waals surface area contributed by atoms with Crippen LogP contribution in [0, 0.1) is 11.8 Å². The smallest absolute Gasteiger partial charge is 0.317 e. The van der Waals surface area contributed by atoms with E-state index in [-0.39, 0.29) is 30.2 Å². The lowest BCUT2D eigenvalue weighted by Gasteiger charge is -2.36. The average Bonchev–Trinajstić information content (AvgIpc) is 3.62. The number of nitrogens with zero attached hydrogens (tertiary/aromatic N) is 5. The maximum absolute atomic E-state index is 12.9. The van der Waals surface area contributed by atoms with Crippen LogP contribution in [0.2, 0.25) is 5.02 Å². The van der Waals surface area contributed by atoms with Crippen LogP contribution in [-0.2, 0) is 20.9 Å². The van der Waals surface area contributed by atoms with Gasteiger partial charge in [0.15, 0.2) is 5.82 Å². The Labute approximate surface area is 370 Å². The van der Waals surface area contributed by atoms with Gasteiger partial charge < -0.3 is 46.0 Å². The van der Waals surface area contributed by atoms with Gasteiger partial charge >= 0.3 is 6.03 Å². The Morgan fingerprint density at radius 3 is 2.56 bits per heavy atom. The van der Waals surface area contributed by atoms with Gasteiger partial charge in [-0.1, -0.05) is 35.6 Å². The number of rotatable bonds is 16. The highest BCUT2D eigenvalue weighted by molar-refractivity contribution is 6.33. The highest BCUT2D eigenvalue weighted by Gasteiger charge is 2.39. The number of piperidine rings is 1. The van der Waals surface area contributed by atoms with E-state index >= 15 is 0 Å². The number of carbonyl (C=O) groups is 5. The van der Waals surface area contributed by atoms with Gasteiger partial charge in [-0.2, -0.15) is 4.98 Å². The third kappa shape index (κ3) is 11.6. The van der Waals surface area contributed by atoms with Crippen molar-refractivity contribution < 1.29 is 28.7 Å². The summed E-state index contributed by atoms with van der Waals surface area (Å²) >= 11 is 6.39. The van der Waals surface area contributed by atoms with Crippen molar-refractivity contribution in [3.05, 3.63) is 100 Å². The summed E-state index contributed by atoms with van der Waals surface area (Å²) in [6.45, 7) is 5.95. The van der Waals surface area contributed by atoms with Crippen molar-refractivity contribution in [1.29, 1.82) is 0 Å². The molecule has 328 valence electrons. The number of hydrogen-bond acceptors (Lipinski definition) is 12. The van der Waals surface area contributed by atoms with Crippen molar-refractivity contribution in [2.45, 2.75) is 38.3 Å². The number of piperazine rings is 1. The number of aromatic nitrogens is 2. The Kier molecular flexibility index (Phi) is 15.0. The van der Waals surface area contributed by atoms with E-state index in [2.05, 4.69) is 58.6 Å². The first-order chi connectivity index (χ1) is 30.7. The third-order valence-corrected chi connectivity index (χ3v) is 11.1. The van der Waals surface area contributed by atoms with Gasteiger partial charge in [0, 0.05) is 101 Å². The van der Waals surface area contributed by atoms with Crippen LogP contribution in [-0.4, -0.2) is 122 Å². The van der Waals surface area contributed by atoms with Crippen molar-refractivity contribution in [3.8, 4) is 11.8 Å². The van der Waals surface area contributed by atoms with Crippen molar-refractivity contribution >= 4 is 70.1 Å². The van der Waals surface area contributed by atoms with Gasteiger partial charge in [0.2, 0.25) is 17.8 Å². The van der Waals surface area contributed by atoms with E-state index in [4.69, 9.17) is 16.3 Å². The van der Waals surface area contributed by atoms with E-state index in [9.17, 15) is 24.0 Å². The summed E-state index contributed by atoms with van der Waals surface area (Å²) in [7, 11) is 1.57. The summed E-state index contributed by atoms with van der Waals surface area (Å²) in [5.74, 6) is 5.86. The summed E-state index contributed by atoms with van der Waals surface area (Å²) in [5, 5.41) is 17.9. The Balaban J connectivity index is 0.732. The molecule has 1 atom stereocenters. The van der Waals surface area contributed by atoms with Gasteiger partial charge in [0.25, 0.3) is 11.8 Å². The molecule has 6 N–H and O–H groups in total. The van der Waals surface area contributed by atoms with Crippen LogP contribution in [0.25, 0.3) is 0 Å². The highest BCUT2D eigenvalue weighted by Crippen LogP contribution is 2.29. The molecule has 1 aromatic heterocycles. The number of benzene rings is 3. The van der Waals surface area contributed by atoms with Crippen molar-refractivity contribution in [2.75, 3.05) is 81.6 Å². The standard InChI is InChI=1S/C45H50ClN11O6/c1-47-41(59)35-8-2-3-9-37(35)52-40-36(46)28-50-44(54-40)51-32-11-13-33(14-12-32)55-21-23-56(24-22-55)45(62)49-19-6-25-63-26-20-48-18-5-4-7-30-10-15-34-31(27-30)29-57(43(34)61)38-16-17-39(58)53-42(38)60/h2-3,8-15,27-28,38,48H,5-6,16-26,29H2,1H3,(H,47,59)(H,49,62)(H,53,58,60)(H2,50,51,52,54). The molecule has 4 heterocycles. The molecular formula is C45H50ClN11O6. The summed E-state index contributed by atoms with van der Waals surface area (Å²) in [5.41, 5.74) is 5.07. The summed E-state index contributed by atoms with van der Waals surface area (Å²) in [4.78, 5) is 76.3. The zero-order chi connectivity index (χ0) is 44.1. The molecule has 63 heavy (non-hydrogen) atoms. The first-order valence-corrected chi connectivity index (χ1v) is 21.3. The molecular weight excluding hydrogens is 826 g/mol. The normalized spacial score (nSPS) is 15.9. The number of amides is 6. The van der Waals surface area contributed by atoms with Crippen LogP contribution in [0.1, 0.15) is 57.5 Å². The van der Waals surface area contributed by atoms with Crippen molar-refractivity contribution in [3.63, 3.8) is 0 Å². The lowest BCUT2D eigenvalue weighted by atomic mass is 10.0. The maximum atomic E-state index is 12.9. The van der Waals surface area contributed by atoms with E-state index in [0.717, 1.165) is 22.5 Å². The number of fused-ring (bicyclic) bond motifs is 1. The second-order valence-electron chi connectivity index (χ2n) is 15.1. The number of imide groups is 1. The summed E-state index contributed by atoms with van der Waals surface area (Å²) in [6, 6.07) is 19.8. The molecule has 0 bridgehead atoms. The number of nitrogens with one attached hydrogen (secondary N) is 6. The minimum atomic E-state index is -0.634. The quantitative estimate of drug-likeness (QED) is 0.0538. The van der Waals surface area contributed by atoms with Crippen LogP contribution < -0.4 is 36.8 Å². The van der Waals surface area contributed by atoms with E-state index in [1.54, 1.807) is 31.3 Å². The second-order valence-corrected chi connectivity index (χ2v) is 15.5. The van der Waals surface area contributed by atoms with Crippen molar-refractivity contribution in [1.82, 2.24) is 41.0 Å². The molecule has 4 aromatic rings. The molecule has 0 saturated carbocycles. The highest BCUT2D eigenvalue weighted by atomic mass is 35.5. The summed E-state index contributed by atoms with van der Waals surface area (Å²) in [6.07, 6.45) is 3.40. The summed E-state index contributed by atoms with van der Waals surface area (Å²) < 4.78 is 5.73. The average molecular weight is 876 g/mol. The van der Waals surface area contributed by atoms with E-state index < -0.39 is 11.9 Å². The molecule has 2 fully saturated rings. The largest absolute Gasteiger partial charge is 0.380 e. The second kappa shape index (κ2) is 21.4. The fraction of sp³-hybridized carbons (Fsp3) is 0.356. The SMILES string of the molecule is CNC(=O)c1ccccc1Nc1nc(Nc2ccc(N3CCN(C(=O)NCCCOCCNCCC#Cc4ccc5c(c4)CN(C4CCC(=O)NC4=O)C5=O)CC3)cc2)ncc1Cl. The Morgan fingerprint density at radius 1 is 0.952 bits per heavy atom. The number of hydrogen-bond donors (Lipinski definition) is 6. The molecule has 0 aliphatic carbocycles. The molecule has 3 aromatic carbocycles. The molecule has 18 heteroatoms. The van der Waals surface area contributed by atoms with Crippen molar-refractivity contribution in [2.24, 2.45) is 0 Å². The maximum Gasteiger partial charge on any atom is 0.317 e. The third-order valence-electron chi connectivity index (χ3n) is 10.8. The molecule has 6 amide bonds. The van der Waals surface area contributed by atoms with E-state index in [1.165, 1.54) is 11.1 Å². The molecule has 3 aliphatic rings. The van der Waals surface area contributed by atoms with Crippen LogP contribution in [0.4, 0.5) is 33.6 Å². The molecule has 1 unspecified atom stereocenters. The van der Waals surface area contributed by atoms with Gasteiger partial charge in [-0.25, -0.2) is 9.78 Å². The molecule has 3 aliphatic heterocycles. The molecule has 2 saturated heterocycles. The first kappa shape index (κ1) is 44.3. The first-order valence-electron chi connectivity index (χ1n) is 21.0. The number of carbonyl (C=O) groups excluding carboxylic acids is 5. The number of halogens is 1. The monoisotopic (exact) mass is 875 g/mol. The number of ether oxygens (including phenoxy) is 1. The molecule has 7 rings (SSSR count). The van der Waals surface area contributed by atoms with Crippen LogP contribution in [0.3, 0.4) is 0 Å². The predicted molar refractivity (Wildman–Crippen MR) is 239 cm³/mol. The fourth-order valence-corrected chi connectivity index (χ4v) is 7.58. The van der Waals surface area contributed by atoms with Gasteiger partial charge in [-0.3, -0.25) is 24.5 Å². The minimum Gasteiger partial charge on any atom is -0.380 e. The van der Waals surface area contributed by atoms with Gasteiger partial charge in [-0.05, 0) is 73.0 Å². The Bertz CT molecular complexity index is 2380. The van der Waals surface area contributed by atoms with Gasteiger partial charge in [0.1, 0.15) is 11.1 Å². The fourth-order valence-electron chi connectivity index (χ4n) is 7.44. The zero-order valence-corrected chi connectivity index (χ0v) is 35.7. The number of para-hydroxylation sites is 1. The lowest BCUT2D eigenvalue weighted by Crippen LogP contribution is -2.52. The van der Waals surface area contributed by atoms with Gasteiger partial charge in [0.05, 0.1) is 24.1 Å².